The topological polar surface area (TPSA) is 50.8 Å². The monoisotopic (exact) mass is 370 g/mol. The molecule has 0 spiro atoms. The summed E-state index contributed by atoms with van der Waals surface area (Å²) in [5.74, 6) is 2.34. The highest BCUT2D eigenvalue weighted by Crippen LogP contribution is 2.48. The van der Waals surface area contributed by atoms with Crippen molar-refractivity contribution in [3.8, 4) is 11.5 Å². The third kappa shape index (κ3) is 3.08. The minimum absolute atomic E-state index is 0.0898. The van der Waals surface area contributed by atoms with Gasteiger partial charge in [0.15, 0.2) is 11.5 Å². The molecule has 1 amide bonds. The van der Waals surface area contributed by atoms with Crippen LogP contribution in [0.3, 0.4) is 0 Å². The van der Waals surface area contributed by atoms with Gasteiger partial charge in [0.05, 0.1) is 6.54 Å². The summed E-state index contributed by atoms with van der Waals surface area (Å²) in [6.07, 6.45) is 3.64. The van der Waals surface area contributed by atoms with Crippen molar-refractivity contribution in [2.75, 3.05) is 19.9 Å². The minimum atomic E-state index is 0.0898. The molecule has 5 nitrogen and oxygen atoms in total. The Morgan fingerprint density at radius 3 is 3.00 bits per heavy atom. The van der Waals surface area contributed by atoms with E-state index in [2.05, 4.69) is 21.7 Å². The Bertz CT molecular complexity index is 830. The van der Waals surface area contributed by atoms with Crippen LogP contribution in [-0.2, 0) is 17.8 Å². The molecule has 1 unspecified atom stereocenters. The predicted octanol–water partition coefficient (Wildman–Crippen LogP) is 3.10. The normalized spacial score (nSPS) is 21.5. The molecule has 1 atom stereocenters. The lowest BCUT2D eigenvalue weighted by Crippen LogP contribution is -2.42. The first-order valence-electron chi connectivity index (χ1n) is 9.23. The van der Waals surface area contributed by atoms with Crippen LogP contribution in [0.2, 0.25) is 0 Å². The molecule has 1 aromatic heterocycles. The number of carbonyl (C=O) groups excluding carboxylic acids is 1. The van der Waals surface area contributed by atoms with Gasteiger partial charge in [-0.25, -0.2) is 0 Å². The number of fused-ring (bicyclic) bond motifs is 2. The van der Waals surface area contributed by atoms with Gasteiger partial charge in [-0.3, -0.25) is 9.69 Å². The lowest BCUT2D eigenvalue weighted by Gasteiger charge is -2.35. The Labute approximate surface area is 156 Å². The molecule has 3 heterocycles. The van der Waals surface area contributed by atoms with Crippen LogP contribution in [0.15, 0.2) is 29.6 Å². The second-order valence-corrected chi connectivity index (χ2v) is 8.27. The summed E-state index contributed by atoms with van der Waals surface area (Å²) in [6, 6.07) is 8.50. The van der Waals surface area contributed by atoms with E-state index in [1.165, 1.54) is 23.3 Å². The van der Waals surface area contributed by atoms with Gasteiger partial charge in [0.1, 0.15) is 0 Å². The zero-order valence-corrected chi connectivity index (χ0v) is 15.4. The van der Waals surface area contributed by atoms with E-state index >= 15 is 0 Å². The average molecular weight is 370 g/mol. The standard InChI is InChI=1S/C20H22N2O3S/c23-19(21-10-13-1-4-16-17(9-13)25-12-24-16)11-22-7-5-18-15(6-8-26-18)20(22)14-2-3-14/h1,4,6,8-9,14,20H,2-3,5,7,10-12H2,(H,21,23). The van der Waals surface area contributed by atoms with E-state index in [1.54, 1.807) is 0 Å². The van der Waals surface area contributed by atoms with Crippen LogP contribution >= 0.6 is 11.3 Å². The smallest absolute Gasteiger partial charge is 0.234 e. The molecule has 0 radical (unpaired) electrons. The number of hydrogen-bond acceptors (Lipinski definition) is 5. The van der Waals surface area contributed by atoms with Gasteiger partial charge in [-0.05, 0) is 59.9 Å². The number of hydrogen-bond donors (Lipinski definition) is 1. The van der Waals surface area contributed by atoms with Crippen molar-refractivity contribution >= 4 is 17.2 Å². The maximum atomic E-state index is 12.6. The summed E-state index contributed by atoms with van der Waals surface area (Å²) >= 11 is 1.86. The number of nitrogens with zero attached hydrogens (tertiary/aromatic N) is 1. The number of thiophene rings is 1. The zero-order chi connectivity index (χ0) is 17.5. The van der Waals surface area contributed by atoms with Gasteiger partial charge >= 0.3 is 0 Å². The van der Waals surface area contributed by atoms with Crippen molar-refractivity contribution in [3.05, 3.63) is 45.6 Å². The van der Waals surface area contributed by atoms with Crippen LogP contribution in [0.4, 0.5) is 0 Å². The quantitative estimate of drug-likeness (QED) is 0.879. The van der Waals surface area contributed by atoms with E-state index in [0.717, 1.165) is 35.9 Å². The number of benzene rings is 1. The van der Waals surface area contributed by atoms with Gasteiger partial charge in [-0.1, -0.05) is 6.07 Å². The summed E-state index contributed by atoms with van der Waals surface area (Å²) in [5, 5.41) is 5.26. The number of rotatable bonds is 5. The maximum absolute atomic E-state index is 12.6. The van der Waals surface area contributed by atoms with Crippen molar-refractivity contribution in [1.29, 1.82) is 0 Å². The number of ether oxygens (including phenoxy) is 2. The number of amides is 1. The summed E-state index contributed by atoms with van der Waals surface area (Å²) in [7, 11) is 0. The number of carbonyl (C=O) groups is 1. The van der Waals surface area contributed by atoms with Gasteiger partial charge in [0.2, 0.25) is 12.7 Å². The highest BCUT2D eigenvalue weighted by molar-refractivity contribution is 7.10. The maximum Gasteiger partial charge on any atom is 0.234 e. The fraction of sp³-hybridized carbons (Fsp3) is 0.450. The first kappa shape index (κ1) is 16.1. The van der Waals surface area contributed by atoms with E-state index < -0.39 is 0 Å². The molecular weight excluding hydrogens is 348 g/mol. The van der Waals surface area contributed by atoms with E-state index in [-0.39, 0.29) is 12.7 Å². The van der Waals surface area contributed by atoms with Crippen molar-refractivity contribution in [2.24, 2.45) is 5.92 Å². The Morgan fingerprint density at radius 1 is 1.23 bits per heavy atom. The van der Waals surface area contributed by atoms with Crippen molar-refractivity contribution in [1.82, 2.24) is 10.2 Å². The minimum Gasteiger partial charge on any atom is -0.454 e. The van der Waals surface area contributed by atoms with Crippen LogP contribution in [0.25, 0.3) is 0 Å². The largest absolute Gasteiger partial charge is 0.454 e. The lowest BCUT2D eigenvalue weighted by atomic mass is 9.96. The average Bonchev–Trinajstić information content (AvgIpc) is 3.18. The SMILES string of the molecule is O=C(CN1CCc2sccc2C1C1CC1)NCc1ccc2c(c1)OCO2. The van der Waals surface area contributed by atoms with E-state index in [9.17, 15) is 4.79 Å². The fourth-order valence-corrected chi connectivity index (χ4v) is 4.94. The predicted molar refractivity (Wildman–Crippen MR) is 99.5 cm³/mol. The molecule has 1 fully saturated rings. The molecule has 2 aromatic rings. The number of nitrogens with one attached hydrogen (secondary N) is 1. The summed E-state index contributed by atoms with van der Waals surface area (Å²) < 4.78 is 10.7. The van der Waals surface area contributed by atoms with Crippen LogP contribution in [0, 0.1) is 5.92 Å². The Kier molecular flexibility index (Phi) is 4.10. The third-order valence-corrected chi connectivity index (χ3v) is 6.46. The third-order valence-electron chi connectivity index (χ3n) is 5.46. The van der Waals surface area contributed by atoms with Gasteiger partial charge < -0.3 is 14.8 Å². The molecule has 3 aliphatic rings. The van der Waals surface area contributed by atoms with Gasteiger partial charge in [-0.15, -0.1) is 11.3 Å². The lowest BCUT2D eigenvalue weighted by molar-refractivity contribution is -0.123. The Morgan fingerprint density at radius 2 is 2.12 bits per heavy atom. The fourth-order valence-electron chi connectivity index (χ4n) is 4.03. The first-order valence-corrected chi connectivity index (χ1v) is 10.1. The molecule has 1 aliphatic carbocycles. The van der Waals surface area contributed by atoms with Crippen molar-refractivity contribution < 1.29 is 14.3 Å². The summed E-state index contributed by atoms with van der Waals surface area (Å²) in [5.41, 5.74) is 2.49. The molecule has 136 valence electrons. The zero-order valence-electron chi connectivity index (χ0n) is 14.6. The second-order valence-electron chi connectivity index (χ2n) is 7.27. The molecule has 0 bridgehead atoms. The summed E-state index contributed by atoms with van der Waals surface area (Å²) in [4.78, 5) is 16.4. The highest BCUT2D eigenvalue weighted by Gasteiger charge is 2.40. The molecule has 0 saturated heterocycles. The van der Waals surface area contributed by atoms with E-state index in [1.807, 2.05) is 29.5 Å². The molecule has 5 rings (SSSR count). The van der Waals surface area contributed by atoms with E-state index in [4.69, 9.17) is 9.47 Å². The summed E-state index contributed by atoms with van der Waals surface area (Å²) in [6.45, 7) is 2.24. The molecule has 2 aliphatic heterocycles. The molecule has 1 N–H and O–H groups in total. The second kappa shape index (κ2) is 6.59. The van der Waals surface area contributed by atoms with Gasteiger partial charge in [-0.2, -0.15) is 0 Å². The molecule has 1 saturated carbocycles. The van der Waals surface area contributed by atoms with Crippen LogP contribution in [-0.4, -0.2) is 30.7 Å². The van der Waals surface area contributed by atoms with Crippen molar-refractivity contribution in [2.45, 2.75) is 31.8 Å². The van der Waals surface area contributed by atoms with Crippen LogP contribution in [0.1, 0.15) is 34.9 Å². The van der Waals surface area contributed by atoms with Crippen LogP contribution < -0.4 is 14.8 Å². The molecular formula is C20H22N2O3S. The van der Waals surface area contributed by atoms with Crippen molar-refractivity contribution in [3.63, 3.8) is 0 Å². The molecule has 26 heavy (non-hydrogen) atoms. The van der Waals surface area contributed by atoms with E-state index in [0.29, 0.717) is 19.1 Å². The Balaban J connectivity index is 1.21. The van der Waals surface area contributed by atoms with Crippen LogP contribution in [0.5, 0.6) is 11.5 Å². The van der Waals surface area contributed by atoms with Gasteiger partial charge in [0.25, 0.3) is 0 Å². The highest BCUT2D eigenvalue weighted by atomic mass is 32.1. The first-order chi connectivity index (χ1) is 12.8. The van der Waals surface area contributed by atoms with Gasteiger partial charge in [0, 0.05) is 24.0 Å². The molecule has 1 aromatic carbocycles. The Hall–Kier alpha value is -2.05. The molecule has 6 heteroatoms.